The lowest BCUT2D eigenvalue weighted by Gasteiger charge is -2.38. The van der Waals surface area contributed by atoms with Gasteiger partial charge in [-0.05, 0) is 49.6 Å². The number of nitrogens with zero attached hydrogens (tertiary/aromatic N) is 2. The number of benzene rings is 2. The monoisotopic (exact) mass is 441 g/mol. The number of rotatable bonds is 5. The molecule has 0 aromatic heterocycles. The van der Waals surface area contributed by atoms with Crippen LogP contribution in [0.3, 0.4) is 0 Å². The Morgan fingerprint density at radius 3 is 2.58 bits per heavy atom. The molecular formula is C24H28ClN3O3. The molecule has 2 aliphatic rings. The summed E-state index contributed by atoms with van der Waals surface area (Å²) in [4.78, 5) is 29.6. The van der Waals surface area contributed by atoms with Crippen LogP contribution in [0.5, 0.6) is 0 Å². The van der Waals surface area contributed by atoms with Crippen LogP contribution in [0, 0.1) is 0 Å². The van der Waals surface area contributed by atoms with Crippen molar-refractivity contribution in [3.05, 3.63) is 64.7 Å². The average molecular weight is 442 g/mol. The fourth-order valence-corrected chi connectivity index (χ4v) is 4.54. The average Bonchev–Trinajstić information content (AvgIpc) is 3.34. The van der Waals surface area contributed by atoms with Gasteiger partial charge in [0.15, 0.2) is 0 Å². The van der Waals surface area contributed by atoms with Gasteiger partial charge in [0.1, 0.15) is 6.10 Å². The number of carbonyl (C=O) groups excluding carboxylic acids is 2. The zero-order chi connectivity index (χ0) is 21.8. The van der Waals surface area contributed by atoms with Crippen molar-refractivity contribution in [2.24, 2.45) is 0 Å². The maximum absolute atomic E-state index is 13.0. The number of amides is 2. The molecule has 6 nitrogen and oxygen atoms in total. The van der Waals surface area contributed by atoms with Crippen molar-refractivity contribution in [1.29, 1.82) is 0 Å². The van der Waals surface area contributed by atoms with Crippen molar-refractivity contribution in [1.82, 2.24) is 9.80 Å². The lowest BCUT2D eigenvalue weighted by atomic mass is 10.1. The van der Waals surface area contributed by atoms with Gasteiger partial charge >= 0.3 is 0 Å². The molecule has 31 heavy (non-hydrogen) atoms. The fraction of sp³-hybridized carbons (Fsp3) is 0.417. The molecule has 2 unspecified atom stereocenters. The number of carbonyl (C=O) groups is 2. The van der Waals surface area contributed by atoms with Crippen LogP contribution < -0.4 is 5.32 Å². The molecule has 2 heterocycles. The topological polar surface area (TPSA) is 61.9 Å². The molecular weight excluding hydrogens is 414 g/mol. The zero-order valence-electron chi connectivity index (χ0n) is 17.7. The van der Waals surface area contributed by atoms with Crippen molar-refractivity contribution >= 4 is 29.1 Å². The minimum atomic E-state index is -0.396. The highest BCUT2D eigenvalue weighted by molar-refractivity contribution is 6.31. The predicted molar refractivity (Wildman–Crippen MR) is 121 cm³/mol. The number of nitrogens with one attached hydrogen (secondary N) is 1. The maximum Gasteiger partial charge on any atom is 0.254 e. The molecule has 0 saturated carbocycles. The van der Waals surface area contributed by atoms with Crippen LogP contribution in [0.15, 0.2) is 48.5 Å². The van der Waals surface area contributed by atoms with E-state index >= 15 is 0 Å². The van der Waals surface area contributed by atoms with Gasteiger partial charge in [-0.1, -0.05) is 35.9 Å². The van der Waals surface area contributed by atoms with Gasteiger partial charge in [-0.2, -0.15) is 0 Å². The van der Waals surface area contributed by atoms with E-state index in [9.17, 15) is 9.59 Å². The molecule has 0 radical (unpaired) electrons. The number of ether oxygens (including phenoxy) is 1. The van der Waals surface area contributed by atoms with Crippen LogP contribution in [0.4, 0.5) is 5.69 Å². The highest BCUT2D eigenvalue weighted by atomic mass is 35.5. The second-order valence-corrected chi connectivity index (χ2v) is 8.50. The molecule has 2 aliphatic heterocycles. The molecule has 2 amide bonds. The summed E-state index contributed by atoms with van der Waals surface area (Å²) in [7, 11) is 0. The molecule has 2 saturated heterocycles. The van der Waals surface area contributed by atoms with Crippen LogP contribution in [-0.2, 0) is 9.53 Å². The van der Waals surface area contributed by atoms with Gasteiger partial charge in [0.2, 0.25) is 0 Å². The summed E-state index contributed by atoms with van der Waals surface area (Å²) in [6, 6.07) is 15.2. The van der Waals surface area contributed by atoms with Crippen LogP contribution >= 0.6 is 11.6 Å². The minimum absolute atomic E-state index is 0.0155. The van der Waals surface area contributed by atoms with Gasteiger partial charge in [0, 0.05) is 55.1 Å². The van der Waals surface area contributed by atoms with Gasteiger partial charge in [0.25, 0.3) is 11.8 Å². The molecule has 2 aromatic rings. The van der Waals surface area contributed by atoms with Gasteiger partial charge < -0.3 is 15.0 Å². The van der Waals surface area contributed by atoms with Gasteiger partial charge in [-0.15, -0.1) is 0 Å². The summed E-state index contributed by atoms with van der Waals surface area (Å²) in [5, 5.41) is 3.65. The van der Waals surface area contributed by atoms with Gasteiger partial charge in [-0.25, -0.2) is 0 Å². The Bertz CT molecular complexity index is 937. The van der Waals surface area contributed by atoms with Crippen molar-refractivity contribution in [2.75, 3.05) is 38.1 Å². The maximum atomic E-state index is 13.0. The molecule has 2 atom stereocenters. The smallest absolute Gasteiger partial charge is 0.254 e. The summed E-state index contributed by atoms with van der Waals surface area (Å²) in [5.41, 5.74) is 2.31. The molecule has 2 fully saturated rings. The molecule has 0 spiro atoms. The third kappa shape index (κ3) is 5.09. The lowest BCUT2D eigenvalue weighted by molar-refractivity contribution is -0.124. The summed E-state index contributed by atoms with van der Waals surface area (Å²) in [5.74, 6) is -0.164. The number of hydrogen-bond acceptors (Lipinski definition) is 4. The first kappa shape index (κ1) is 21.8. The Labute approximate surface area is 188 Å². The van der Waals surface area contributed by atoms with Crippen LogP contribution in [0.2, 0.25) is 5.02 Å². The van der Waals surface area contributed by atoms with E-state index in [0.717, 1.165) is 36.5 Å². The zero-order valence-corrected chi connectivity index (χ0v) is 18.5. The molecule has 0 bridgehead atoms. The molecule has 2 aromatic carbocycles. The third-order valence-electron chi connectivity index (χ3n) is 6.10. The molecule has 7 heteroatoms. The van der Waals surface area contributed by atoms with Crippen molar-refractivity contribution in [2.45, 2.75) is 31.9 Å². The standard InChI is InChI=1S/C24H28ClN3O3/c1-17(20-8-2-3-9-21(20)25)27-11-13-28(14-12-27)24(30)18-6-4-7-19(16-18)26-23(29)22-10-5-15-31-22/h2-4,6-9,16-17,22H,5,10-15H2,1H3,(H,26,29). The quantitative estimate of drug-likeness (QED) is 0.762. The highest BCUT2D eigenvalue weighted by Gasteiger charge is 2.27. The Morgan fingerprint density at radius 1 is 1.10 bits per heavy atom. The third-order valence-corrected chi connectivity index (χ3v) is 6.45. The Morgan fingerprint density at radius 2 is 1.87 bits per heavy atom. The second kappa shape index (κ2) is 9.81. The van der Waals surface area contributed by atoms with Crippen molar-refractivity contribution in [3.8, 4) is 0 Å². The molecule has 0 aliphatic carbocycles. The number of anilines is 1. The summed E-state index contributed by atoms with van der Waals surface area (Å²) >= 11 is 6.36. The summed E-state index contributed by atoms with van der Waals surface area (Å²) < 4.78 is 5.43. The SMILES string of the molecule is CC(c1ccccc1Cl)N1CCN(C(=O)c2cccc(NC(=O)C3CCCO3)c2)CC1. The van der Waals surface area contributed by atoms with Gasteiger partial charge in [0.05, 0.1) is 0 Å². The largest absolute Gasteiger partial charge is 0.368 e. The van der Waals surface area contributed by atoms with Crippen molar-refractivity contribution in [3.63, 3.8) is 0 Å². The van der Waals surface area contributed by atoms with E-state index in [1.807, 2.05) is 23.1 Å². The summed E-state index contributed by atoms with van der Waals surface area (Å²) in [6.45, 7) is 5.65. The number of halogens is 1. The number of piperazine rings is 1. The second-order valence-electron chi connectivity index (χ2n) is 8.10. The first-order valence-corrected chi connectivity index (χ1v) is 11.2. The van der Waals surface area contributed by atoms with E-state index < -0.39 is 6.10 Å². The van der Waals surface area contributed by atoms with E-state index in [4.69, 9.17) is 16.3 Å². The van der Waals surface area contributed by atoms with E-state index in [2.05, 4.69) is 23.2 Å². The highest BCUT2D eigenvalue weighted by Crippen LogP contribution is 2.28. The first-order chi connectivity index (χ1) is 15.0. The Hall–Kier alpha value is -2.41. The van der Waals surface area contributed by atoms with E-state index in [1.54, 1.807) is 24.3 Å². The van der Waals surface area contributed by atoms with Crippen LogP contribution in [0.25, 0.3) is 0 Å². The van der Waals surface area contributed by atoms with E-state index in [0.29, 0.717) is 30.9 Å². The molecule has 164 valence electrons. The Kier molecular flexibility index (Phi) is 6.90. The van der Waals surface area contributed by atoms with E-state index in [1.165, 1.54) is 0 Å². The Balaban J connectivity index is 1.35. The van der Waals surface area contributed by atoms with Gasteiger partial charge in [-0.3, -0.25) is 14.5 Å². The minimum Gasteiger partial charge on any atom is -0.368 e. The van der Waals surface area contributed by atoms with E-state index in [-0.39, 0.29) is 17.9 Å². The van der Waals surface area contributed by atoms with Crippen LogP contribution in [-0.4, -0.2) is 60.5 Å². The predicted octanol–water partition coefficient (Wildman–Crippen LogP) is 3.98. The fourth-order valence-electron chi connectivity index (χ4n) is 4.24. The normalized spacial score (nSPS) is 20.5. The lowest BCUT2D eigenvalue weighted by Crippen LogP contribution is -2.49. The number of hydrogen-bond donors (Lipinski definition) is 1. The molecule has 1 N–H and O–H groups in total. The first-order valence-electron chi connectivity index (χ1n) is 10.8. The van der Waals surface area contributed by atoms with Crippen molar-refractivity contribution < 1.29 is 14.3 Å². The summed E-state index contributed by atoms with van der Waals surface area (Å²) in [6.07, 6.45) is 1.24. The molecule has 4 rings (SSSR count). The van der Waals surface area contributed by atoms with Crippen LogP contribution in [0.1, 0.15) is 41.7 Å².